The van der Waals surface area contributed by atoms with Crippen molar-refractivity contribution in [3.63, 3.8) is 0 Å². The van der Waals surface area contributed by atoms with E-state index in [-0.39, 0.29) is 11.2 Å². The highest BCUT2D eigenvalue weighted by molar-refractivity contribution is 8.02. The molecular formula is C18H16Cl2N4O2S2. The van der Waals surface area contributed by atoms with Gasteiger partial charge in [0.05, 0.1) is 23.1 Å². The maximum absolute atomic E-state index is 12.4. The van der Waals surface area contributed by atoms with Gasteiger partial charge >= 0.3 is 0 Å². The summed E-state index contributed by atoms with van der Waals surface area (Å²) in [5.74, 6) is 0.557. The molecular weight excluding hydrogens is 439 g/mol. The van der Waals surface area contributed by atoms with Crippen molar-refractivity contribution < 1.29 is 9.53 Å². The second-order valence-electron chi connectivity index (χ2n) is 5.60. The smallest absolute Gasteiger partial charge is 0.237 e. The summed E-state index contributed by atoms with van der Waals surface area (Å²) in [6.07, 6.45) is 0. The lowest BCUT2D eigenvalue weighted by molar-refractivity contribution is -0.115. The summed E-state index contributed by atoms with van der Waals surface area (Å²) in [6, 6.07) is 12.4. The lowest BCUT2D eigenvalue weighted by Crippen LogP contribution is -2.22. The van der Waals surface area contributed by atoms with Crippen LogP contribution < -0.4 is 15.4 Å². The maximum atomic E-state index is 12.4. The average molecular weight is 455 g/mol. The topological polar surface area (TPSA) is 76.1 Å². The second kappa shape index (κ2) is 9.47. The molecule has 146 valence electrons. The molecule has 0 bridgehead atoms. The Kier molecular flexibility index (Phi) is 7.01. The SMILES string of the molecule is COc1cccc(Nc2nnc(SC(C)C(=O)Nc3ccc(Cl)cc3Cl)s2)c1. The van der Waals surface area contributed by atoms with Crippen LogP contribution in [-0.4, -0.2) is 28.5 Å². The van der Waals surface area contributed by atoms with Gasteiger partial charge in [-0.2, -0.15) is 0 Å². The van der Waals surface area contributed by atoms with Gasteiger partial charge in [-0.1, -0.05) is 52.4 Å². The predicted molar refractivity (Wildman–Crippen MR) is 117 cm³/mol. The molecule has 0 fully saturated rings. The van der Waals surface area contributed by atoms with Gasteiger partial charge < -0.3 is 15.4 Å². The molecule has 0 saturated heterocycles. The van der Waals surface area contributed by atoms with Gasteiger partial charge in [-0.3, -0.25) is 4.79 Å². The Balaban J connectivity index is 1.59. The van der Waals surface area contributed by atoms with Crippen molar-refractivity contribution in [2.75, 3.05) is 17.7 Å². The maximum Gasteiger partial charge on any atom is 0.237 e. The number of methoxy groups -OCH3 is 1. The molecule has 1 amide bonds. The minimum absolute atomic E-state index is 0.188. The molecule has 28 heavy (non-hydrogen) atoms. The molecule has 1 aromatic heterocycles. The highest BCUT2D eigenvalue weighted by Gasteiger charge is 2.18. The molecule has 1 heterocycles. The van der Waals surface area contributed by atoms with Crippen molar-refractivity contribution in [1.82, 2.24) is 10.2 Å². The quantitative estimate of drug-likeness (QED) is 0.444. The number of benzene rings is 2. The number of rotatable bonds is 7. The number of ether oxygens (including phenoxy) is 1. The molecule has 3 rings (SSSR count). The molecule has 1 unspecified atom stereocenters. The third-order valence-corrected chi connectivity index (χ3v) is 6.13. The number of nitrogens with one attached hydrogen (secondary N) is 2. The second-order valence-corrected chi connectivity index (χ2v) is 9.01. The number of hydrogen-bond donors (Lipinski definition) is 2. The van der Waals surface area contributed by atoms with E-state index in [1.807, 2.05) is 24.3 Å². The number of carbonyl (C=O) groups excluding carboxylic acids is 1. The van der Waals surface area contributed by atoms with Crippen LogP contribution in [0.4, 0.5) is 16.5 Å². The summed E-state index contributed by atoms with van der Waals surface area (Å²) in [5, 5.41) is 15.4. The summed E-state index contributed by atoms with van der Waals surface area (Å²) in [5.41, 5.74) is 1.36. The zero-order valence-electron chi connectivity index (χ0n) is 14.9. The molecule has 0 saturated carbocycles. The number of thioether (sulfide) groups is 1. The van der Waals surface area contributed by atoms with Gasteiger partial charge in [0.2, 0.25) is 11.0 Å². The van der Waals surface area contributed by atoms with E-state index in [4.69, 9.17) is 27.9 Å². The highest BCUT2D eigenvalue weighted by Crippen LogP contribution is 2.32. The molecule has 6 nitrogen and oxygen atoms in total. The first-order valence-corrected chi connectivity index (χ1v) is 10.6. The first-order valence-electron chi connectivity index (χ1n) is 8.12. The van der Waals surface area contributed by atoms with Crippen LogP contribution in [0.15, 0.2) is 46.8 Å². The fraction of sp³-hybridized carbons (Fsp3) is 0.167. The molecule has 1 atom stereocenters. The predicted octanol–water partition coefficient (Wildman–Crippen LogP) is 5.72. The van der Waals surface area contributed by atoms with Gasteiger partial charge in [0.25, 0.3) is 0 Å². The van der Waals surface area contributed by atoms with E-state index in [1.165, 1.54) is 23.1 Å². The number of anilines is 3. The largest absolute Gasteiger partial charge is 0.497 e. The molecule has 2 N–H and O–H groups in total. The van der Waals surface area contributed by atoms with Crippen molar-refractivity contribution in [3.8, 4) is 5.75 Å². The molecule has 10 heteroatoms. The number of halogens is 2. The Labute approximate surface area is 180 Å². The van der Waals surface area contributed by atoms with Crippen LogP contribution in [0.5, 0.6) is 5.75 Å². The summed E-state index contributed by atoms with van der Waals surface area (Å²) in [6.45, 7) is 1.79. The molecule has 0 aliphatic carbocycles. The van der Waals surface area contributed by atoms with Crippen LogP contribution in [0, 0.1) is 0 Å². The molecule has 0 radical (unpaired) electrons. The van der Waals surface area contributed by atoms with Crippen molar-refractivity contribution in [2.24, 2.45) is 0 Å². The number of carbonyl (C=O) groups is 1. The number of nitrogens with zero attached hydrogens (tertiary/aromatic N) is 2. The van der Waals surface area contributed by atoms with Crippen LogP contribution in [0.1, 0.15) is 6.92 Å². The zero-order valence-corrected chi connectivity index (χ0v) is 18.0. The lowest BCUT2D eigenvalue weighted by atomic mass is 10.3. The van der Waals surface area contributed by atoms with Crippen molar-refractivity contribution >= 4 is 68.7 Å². The summed E-state index contributed by atoms with van der Waals surface area (Å²) in [7, 11) is 1.61. The van der Waals surface area contributed by atoms with E-state index in [1.54, 1.807) is 32.2 Å². The minimum atomic E-state index is -0.385. The van der Waals surface area contributed by atoms with E-state index < -0.39 is 0 Å². The van der Waals surface area contributed by atoms with Crippen LogP contribution in [0.3, 0.4) is 0 Å². The molecule has 0 spiro atoms. The fourth-order valence-corrected chi connectivity index (χ4v) is 4.53. The van der Waals surface area contributed by atoms with Crippen LogP contribution in [0.25, 0.3) is 0 Å². The van der Waals surface area contributed by atoms with Crippen LogP contribution in [-0.2, 0) is 4.79 Å². The Hall–Kier alpha value is -2.00. The number of amides is 1. The minimum Gasteiger partial charge on any atom is -0.497 e. The summed E-state index contributed by atoms with van der Waals surface area (Å²) < 4.78 is 5.88. The van der Waals surface area contributed by atoms with Gasteiger partial charge in [-0.05, 0) is 37.3 Å². The first-order chi connectivity index (χ1) is 13.4. The van der Waals surface area contributed by atoms with E-state index >= 15 is 0 Å². The van der Waals surface area contributed by atoms with Gasteiger partial charge in [0, 0.05) is 16.8 Å². The van der Waals surface area contributed by atoms with E-state index in [2.05, 4.69) is 20.8 Å². The molecule has 0 aliphatic rings. The summed E-state index contributed by atoms with van der Waals surface area (Å²) in [4.78, 5) is 12.4. The van der Waals surface area contributed by atoms with E-state index in [9.17, 15) is 4.79 Å². The Morgan fingerprint density at radius 2 is 2.04 bits per heavy atom. The number of aromatic nitrogens is 2. The molecule has 2 aromatic carbocycles. The van der Waals surface area contributed by atoms with Crippen molar-refractivity contribution in [2.45, 2.75) is 16.5 Å². The van der Waals surface area contributed by atoms with Gasteiger partial charge in [-0.25, -0.2) is 0 Å². The Bertz CT molecular complexity index is 984. The van der Waals surface area contributed by atoms with Gasteiger partial charge in [-0.15, -0.1) is 10.2 Å². The van der Waals surface area contributed by atoms with Crippen LogP contribution >= 0.6 is 46.3 Å². The van der Waals surface area contributed by atoms with Crippen LogP contribution in [0.2, 0.25) is 10.0 Å². The van der Waals surface area contributed by atoms with E-state index in [0.29, 0.717) is 25.2 Å². The normalized spacial score (nSPS) is 11.7. The zero-order chi connectivity index (χ0) is 20.1. The Morgan fingerprint density at radius 1 is 1.21 bits per heavy atom. The lowest BCUT2D eigenvalue weighted by Gasteiger charge is -2.11. The van der Waals surface area contributed by atoms with Gasteiger partial charge in [0.15, 0.2) is 4.34 Å². The third-order valence-electron chi connectivity index (χ3n) is 3.56. The Morgan fingerprint density at radius 3 is 2.79 bits per heavy atom. The first kappa shape index (κ1) is 20.7. The van der Waals surface area contributed by atoms with Gasteiger partial charge in [0.1, 0.15) is 5.75 Å². The standard InChI is InChI=1S/C18H16Cl2N4O2S2/c1-10(16(25)22-15-7-6-11(19)8-14(15)20)27-18-24-23-17(28-18)21-12-4-3-5-13(9-12)26-2/h3-10H,1-2H3,(H,21,23)(H,22,25). The van der Waals surface area contributed by atoms with Crippen molar-refractivity contribution in [1.29, 1.82) is 0 Å². The van der Waals surface area contributed by atoms with E-state index in [0.717, 1.165) is 11.4 Å². The monoisotopic (exact) mass is 454 g/mol. The fourth-order valence-electron chi connectivity index (χ4n) is 2.16. The molecule has 3 aromatic rings. The average Bonchev–Trinajstić information content (AvgIpc) is 3.10. The van der Waals surface area contributed by atoms with Crippen molar-refractivity contribution in [3.05, 3.63) is 52.5 Å². The highest BCUT2D eigenvalue weighted by atomic mass is 35.5. The number of hydrogen-bond acceptors (Lipinski definition) is 7. The third kappa shape index (κ3) is 5.51. The summed E-state index contributed by atoms with van der Waals surface area (Å²) >= 11 is 14.7. The molecule has 0 aliphatic heterocycles.